The quantitative estimate of drug-likeness (QED) is 0.836. The summed E-state index contributed by atoms with van der Waals surface area (Å²) in [5, 5.41) is 6.21. The Morgan fingerprint density at radius 3 is 3.15 bits per heavy atom. The van der Waals surface area contributed by atoms with Crippen LogP contribution in [0.15, 0.2) is 18.3 Å². The van der Waals surface area contributed by atoms with Crippen molar-refractivity contribution >= 4 is 11.6 Å². The Balaban J connectivity index is 1.86. The molecule has 0 saturated carbocycles. The molecule has 0 bridgehead atoms. The fourth-order valence-electron chi connectivity index (χ4n) is 2.31. The Labute approximate surface area is 120 Å². The maximum Gasteiger partial charge on any atom is 0.238 e. The van der Waals surface area contributed by atoms with E-state index < -0.39 is 0 Å². The van der Waals surface area contributed by atoms with Crippen molar-refractivity contribution in [2.45, 2.75) is 39.2 Å². The lowest BCUT2D eigenvalue weighted by atomic mass is 10.0. The molecule has 1 unspecified atom stereocenters. The molecule has 110 valence electrons. The lowest BCUT2D eigenvalue weighted by molar-refractivity contribution is -0.116. The third-order valence-electron chi connectivity index (χ3n) is 3.33. The molecule has 1 atom stereocenters. The molecule has 5 nitrogen and oxygen atoms in total. The monoisotopic (exact) mass is 277 g/mol. The van der Waals surface area contributed by atoms with Crippen molar-refractivity contribution in [2.24, 2.45) is 5.92 Å². The van der Waals surface area contributed by atoms with Gasteiger partial charge in [-0.15, -0.1) is 0 Å². The van der Waals surface area contributed by atoms with Crippen LogP contribution >= 0.6 is 0 Å². The number of rotatable bonds is 6. The Bertz CT molecular complexity index is 442. The van der Waals surface area contributed by atoms with Gasteiger partial charge in [0.1, 0.15) is 5.69 Å². The molecular weight excluding hydrogens is 254 g/mol. The van der Waals surface area contributed by atoms with Gasteiger partial charge in [0.05, 0.1) is 6.10 Å². The third-order valence-corrected chi connectivity index (χ3v) is 3.33. The highest BCUT2D eigenvalue weighted by Crippen LogP contribution is 2.22. The molecule has 1 fully saturated rings. The first-order valence-electron chi connectivity index (χ1n) is 7.27. The van der Waals surface area contributed by atoms with Crippen LogP contribution in [0.2, 0.25) is 0 Å². The minimum absolute atomic E-state index is 0.0264. The number of anilines is 1. The minimum Gasteiger partial charge on any atom is -0.473 e. The first kappa shape index (κ1) is 14.8. The Morgan fingerprint density at radius 1 is 1.60 bits per heavy atom. The summed E-state index contributed by atoms with van der Waals surface area (Å²) in [6.45, 7) is 5.98. The van der Waals surface area contributed by atoms with E-state index in [9.17, 15) is 4.79 Å². The number of nitrogens with one attached hydrogen (secondary N) is 2. The van der Waals surface area contributed by atoms with E-state index in [-0.39, 0.29) is 12.0 Å². The van der Waals surface area contributed by atoms with Gasteiger partial charge in [-0.1, -0.05) is 0 Å². The fraction of sp³-hybridized carbons (Fsp3) is 0.600. The molecule has 1 aromatic heterocycles. The summed E-state index contributed by atoms with van der Waals surface area (Å²) in [6, 6.07) is 3.61. The molecular formula is C15H23N3O2. The molecule has 1 aliphatic heterocycles. The molecule has 1 saturated heterocycles. The van der Waals surface area contributed by atoms with Crippen molar-refractivity contribution in [2.75, 3.05) is 18.4 Å². The number of hydrogen-bond acceptors (Lipinski definition) is 4. The van der Waals surface area contributed by atoms with E-state index in [4.69, 9.17) is 4.74 Å². The minimum atomic E-state index is 0.0264. The number of hydrogen-bond donors (Lipinski definition) is 2. The van der Waals surface area contributed by atoms with Crippen LogP contribution in [0.3, 0.4) is 0 Å². The van der Waals surface area contributed by atoms with Crippen molar-refractivity contribution in [1.82, 2.24) is 10.3 Å². The Hall–Kier alpha value is -1.62. The second-order valence-electron chi connectivity index (χ2n) is 5.47. The van der Waals surface area contributed by atoms with Gasteiger partial charge in [0, 0.05) is 12.6 Å². The van der Waals surface area contributed by atoms with Crippen molar-refractivity contribution in [3.05, 3.63) is 18.3 Å². The SMILES string of the molecule is CC(C)Oc1ncccc1NC(=O)CCC1CCNC1. The predicted octanol–water partition coefficient (Wildman–Crippen LogP) is 2.20. The lowest BCUT2D eigenvalue weighted by Gasteiger charge is -2.14. The van der Waals surface area contributed by atoms with E-state index in [2.05, 4.69) is 15.6 Å². The molecule has 0 aromatic carbocycles. The molecule has 0 spiro atoms. The van der Waals surface area contributed by atoms with E-state index >= 15 is 0 Å². The van der Waals surface area contributed by atoms with E-state index in [0.29, 0.717) is 23.9 Å². The van der Waals surface area contributed by atoms with E-state index in [1.54, 1.807) is 12.3 Å². The summed E-state index contributed by atoms with van der Waals surface area (Å²) in [5.41, 5.74) is 0.649. The molecule has 0 radical (unpaired) electrons. The topological polar surface area (TPSA) is 63.2 Å². The summed E-state index contributed by atoms with van der Waals surface area (Å²) < 4.78 is 5.59. The van der Waals surface area contributed by atoms with Gasteiger partial charge in [0.2, 0.25) is 11.8 Å². The molecule has 20 heavy (non-hydrogen) atoms. The van der Waals surface area contributed by atoms with Crippen molar-refractivity contribution < 1.29 is 9.53 Å². The largest absolute Gasteiger partial charge is 0.473 e. The molecule has 2 heterocycles. The van der Waals surface area contributed by atoms with E-state index in [0.717, 1.165) is 19.5 Å². The highest BCUT2D eigenvalue weighted by molar-refractivity contribution is 5.91. The van der Waals surface area contributed by atoms with Crippen molar-refractivity contribution in [3.63, 3.8) is 0 Å². The standard InChI is InChI=1S/C15H23N3O2/c1-11(2)20-15-13(4-3-8-17-15)18-14(19)6-5-12-7-9-16-10-12/h3-4,8,11-12,16H,5-7,9-10H2,1-2H3,(H,18,19). The van der Waals surface area contributed by atoms with Crippen LogP contribution in [0.25, 0.3) is 0 Å². The zero-order valence-corrected chi connectivity index (χ0v) is 12.2. The first-order valence-corrected chi connectivity index (χ1v) is 7.27. The molecule has 1 amide bonds. The molecule has 1 aromatic rings. The number of carbonyl (C=O) groups is 1. The van der Waals surface area contributed by atoms with Crippen molar-refractivity contribution in [3.8, 4) is 5.88 Å². The maximum atomic E-state index is 12.0. The van der Waals surface area contributed by atoms with Gasteiger partial charge in [-0.25, -0.2) is 4.98 Å². The normalized spacial score (nSPS) is 18.2. The Morgan fingerprint density at radius 2 is 2.45 bits per heavy atom. The summed E-state index contributed by atoms with van der Waals surface area (Å²) in [5.74, 6) is 1.14. The lowest BCUT2D eigenvalue weighted by Crippen LogP contribution is -2.16. The van der Waals surface area contributed by atoms with Crippen molar-refractivity contribution in [1.29, 1.82) is 0 Å². The summed E-state index contributed by atoms with van der Waals surface area (Å²) >= 11 is 0. The highest BCUT2D eigenvalue weighted by Gasteiger charge is 2.16. The number of pyridine rings is 1. The van der Waals surface area contributed by atoms with Gasteiger partial charge >= 0.3 is 0 Å². The fourth-order valence-corrected chi connectivity index (χ4v) is 2.31. The number of carbonyl (C=O) groups excluding carboxylic acids is 1. The van der Waals surface area contributed by atoms with Gasteiger partial charge < -0.3 is 15.4 Å². The van der Waals surface area contributed by atoms with Gasteiger partial charge in [0.15, 0.2) is 0 Å². The second-order valence-corrected chi connectivity index (χ2v) is 5.47. The molecule has 2 N–H and O–H groups in total. The summed E-state index contributed by atoms with van der Waals surface area (Å²) in [4.78, 5) is 16.2. The van der Waals surface area contributed by atoms with E-state index in [1.807, 2.05) is 19.9 Å². The number of aromatic nitrogens is 1. The smallest absolute Gasteiger partial charge is 0.238 e. The molecule has 2 rings (SSSR count). The Kier molecular flexibility index (Phi) is 5.35. The van der Waals surface area contributed by atoms with Gasteiger partial charge in [-0.05, 0) is 57.8 Å². The van der Waals surface area contributed by atoms with E-state index in [1.165, 1.54) is 6.42 Å². The maximum absolute atomic E-state index is 12.0. The summed E-state index contributed by atoms with van der Waals surface area (Å²) in [6.07, 6.45) is 4.34. The average Bonchev–Trinajstić information content (AvgIpc) is 2.91. The van der Waals surface area contributed by atoms with Crippen LogP contribution in [0.5, 0.6) is 5.88 Å². The highest BCUT2D eigenvalue weighted by atomic mass is 16.5. The number of nitrogens with zero attached hydrogens (tertiary/aromatic N) is 1. The predicted molar refractivity (Wildman–Crippen MR) is 78.8 cm³/mol. The summed E-state index contributed by atoms with van der Waals surface area (Å²) in [7, 11) is 0. The van der Waals surface area contributed by atoms with Gasteiger partial charge in [-0.3, -0.25) is 4.79 Å². The zero-order valence-electron chi connectivity index (χ0n) is 12.2. The molecule has 1 aliphatic rings. The number of amides is 1. The second kappa shape index (κ2) is 7.24. The zero-order chi connectivity index (χ0) is 14.4. The van der Waals surface area contributed by atoms with Crippen LogP contribution in [0, 0.1) is 5.92 Å². The van der Waals surface area contributed by atoms with Crippen LogP contribution in [-0.2, 0) is 4.79 Å². The van der Waals surface area contributed by atoms with Crippen LogP contribution in [0.1, 0.15) is 33.1 Å². The number of ether oxygens (including phenoxy) is 1. The average molecular weight is 277 g/mol. The van der Waals surface area contributed by atoms with Crippen LogP contribution < -0.4 is 15.4 Å². The first-order chi connectivity index (χ1) is 9.65. The molecule has 0 aliphatic carbocycles. The van der Waals surface area contributed by atoms with Crippen LogP contribution in [0.4, 0.5) is 5.69 Å². The van der Waals surface area contributed by atoms with Crippen LogP contribution in [-0.4, -0.2) is 30.1 Å². The van der Waals surface area contributed by atoms with Gasteiger partial charge in [0.25, 0.3) is 0 Å². The molecule has 5 heteroatoms. The third kappa shape index (κ3) is 4.49. The van der Waals surface area contributed by atoms with Gasteiger partial charge in [-0.2, -0.15) is 0 Å².